The molecule has 5 nitrogen and oxygen atoms in total. The fraction of sp³-hybridized carbons (Fsp3) is 0.739. The van der Waals surface area contributed by atoms with Crippen molar-refractivity contribution in [1.29, 1.82) is 0 Å². The average Bonchev–Trinajstić information content (AvgIpc) is 3.21. The van der Waals surface area contributed by atoms with Crippen LogP contribution in [0.25, 0.3) is 0 Å². The molecular weight excluding hydrogens is 352 g/mol. The third-order valence-electron chi connectivity index (χ3n) is 6.64. The minimum atomic E-state index is -0.508. The maximum Gasteiger partial charge on any atom is 0.349 e. The highest BCUT2D eigenvalue weighted by Gasteiger charge is 2.27. The summed E-state index contributed by atoms with van der Waals surface area (Å²) in [6, 6.07) is 2.65. The van der Waals surface area contributed by atoms with E-state index >= 15 is 0 Å². The molecule has 0 bridgehead atoms. The van der Waals surface area contributed by atoms with Gasteiger partial charge in [-0.2, -0.15) is 0 Å². The molecule has 0 spiro atoms. The second-order valence-corrected chi connectivity index (χ2v) is 8.81. The first kappa shape index (κ1) is 21.1. The molecule has 5 heteroatoms. The van der Waals surface area contributed by atoms with E-state index in [2.05, 4.69) is 24.1 Å². The van der Waals surface area contributed by atoms with E-state index in [1.54, 1.807) is 0 Å². The van der Waals surface area contributed by atoms with Crippen molar-refractivity contribution in [2.45, 2.75) is 84.1 Å². The molecule has 0 radical (unpaired) electrons. The van der Waals surface area contributed by atoms with E-state index in [-0.39, 0.29) is 17.4 Å². The van der Waals surface area contributed by atoms with Crippen LogP contribution in [0.2, 0.25) is 0 Å². The quantitative estimate of drug-likeness (QED) is 0.759. The van der Waals surface area contributed by atoms with Crippen LogP contribution in [-0.4, -0.2) is 36.5 Å². The lowest BCUT2D eigenvalue weighted by Gasteiger charge is -2.36. The molecule has 1 saturated heterocycles. The number of amides is 1. The Morgan fingerprint density at radius 1 is 1.25 bits per heavy atom. The van der Waals surface area contributed by atoms with Crippen LogP contribution in [0.15, 0.2) is 15.3 Å². The summed E-state index contributed by atoms with van der Waals surface area (Å²) in [7, 11) is 0. The first-order valence-electron chi connectivity index (χ1n) is 11.2. The van der Waals surface area contributed by atoms with Gasteiger partial charge in [0.1, 0.15) is 11.3 Å². The van der Waals surface area contributed by atoms with Gasteiger partial charge in [0.25, 0.3) is 5.91 Å². The number of hydrogen-bond donors (Lipinski definition) is 1. The smallest absolute Gasteiger partial charge is 0.349 e. The van der Waals surface area contributed by atoms with Gasteiger partial charge in [-0.15, -0.1) is 0 Å². The Morgan fingerprint density at radius 2 is 1.93 bits per heavy atom. The van der Waals surface area contributed by atoms with Crippen molar-refractivity contribution in [2.75, 3.05) is 19.6 Å². The minimum Gasteiger partial charge on any atom is -0.427 e. The number of carbonyl (C=O) groups is 1. The highest BCUT2D eigenvalue weighted by atomic mass is 16.4. The molecule has 1 aromatic rings. The van der Waals surface area contributed by atoms with Gasteiger partial charge >= 0.3 is 5.63 Å². The van der Waals surface area contributed by atoms with Gasteiger partial charge in [0.2, 0.25) is 0 Å². The first-order chi connectivity index (χ1) is 13.5. The summed E-state index contributed by atoms with van der Waals surface area (Å²) in [5.74, 6) is 1.08. The lowest BCUT2D eigenvalue weighted by molar-refractivity contribution is 0.0919. The predicted octanol–water partition coefficient (Wildman–Crippen LogP) is 4.24. The summed E-state index contributed by atoms with van der Waals surface area (Å²) >= 11 is 0. The Kier molecular flexibility index (Phi) is 7.33. The number of nitrogens with one attached hydrogen (secondary N) is 1. The third-order valence-corrected chi connectivity index (χ3v) is 6.64. The fourth-order valence-corrected chi connectivity index (χ4v) is 4.84. The van der Waals surface area contributed by atoms with E-state index in [1.807, 2.05) is 13.0 Å². The normalized spacial score (nSPS) is 20.4. The Morgan fingerprint density at radius 3 is 2.54 bits per heavy atom. The third kappa shape index (κ3) is 5.05. The Hall–Kier alpha value is -1.62. The topological polar surface area (TPSA) is 62.6 Å². The van der Waals surface area contributed by atoms with Crippen LogP contribution in [0.5, 0.6) is 0 Å². The molecule has 1 atom stereocenters. The number of aryl methyl sites for hydroxylation is 1. The van der Waals surface area contributed by atoms with Crippen LogP contribution in [0.3, 0.4) is 0 Å². The highest BCUT2D eigenvalue weighted by molar-refractivity contribution is 5.95. The monoisotopic (exact) mass is 388 g/mol. The molecule has 1 unspecified atom stereocenters. The molecule has 2 aliphatic rings. The highest BCUT2D eigenvalue weighted by Crippen LogP contribution is 2.27. The zero-order chi connectivity index (χ0) is 20.1. The number of carbonyl (C=O) groups excluding carboxylic acids is 1. The average molecular weight is 389 g/mol. The zero-order valence-corrected chi connectivity index (χ0v) is 17.8. The van der Waals surface area contributed by atoms with Gasteiger partial charge in [-0.25, -0.2) is 4.79 Å². The van der Waals surface area contributed by atoms with Crippen molar-refractivity contribution >= 4 is 5.91 Å². The van der Waals surface area contributed by atoms with Gasteiger partial charge < -0.3 is 14.6 Å². The molecule has 156 valence electrons. The van der Waals surface area contributed by atoms with Gasteiger partial charge in [0.15, 0.2) is 0 Å². The maximum atomic E-state index is 12.6. The second kappa shape index (κ2) is 9.73. The van der Waals surface area contributed by atoms with E-state index in [4.69, 9.17) is 4.42 Å². The van der Waals surface area contributed by atoms with Gasteiger partial charge in [-0.1, -0.05) is 33.1 Å². The van der Waals surface area contributed by atoms with E-state index in [0.717, 1.165) is 44.8 Å². The number of likely N-dealkylation sites (tertiary alicyclic amines) is 1. The van der Waals surface area contributed by atoms with Gasteiger partial charge in [-0.05, 0) is 69.7 Å². The van der Waals surface area contributed by atoms with Crippen molar-refractivity contribution in [3.05, 3.63) is 33.4 Å². The first-order valence-corrected chi connectivity index (χ1v) is 11.2. The largest absolute Gasteiger partial charge is 0.427 e. The Balaban J connectivity index is 1.53. The van der Waals surface area contributed by atoms with Crippen molar-refractivity contribution in [3.8, 4) is 0 Å². The Labute approximate surface area is 168 Å². The molecule has 2 fully saturated rings. The summed E-state index contributed by atoms with van der Waals surface area (Å²) in [6.07, 6.45) is 9.69. The number of nitrogens with zero attached hydrogens (tertiary/aromatic N) is 1. The van der Waals surface area contributed by atoms with Crippen LogP contribution in [0, 0.1) is 12.8 Å². The number of hydrogen-bond acceptors (Lipinski definition) is 4. The molecule has 1 N–H and O–H groups in total. The van der Waals surface area contributed by atoms with Crippen LogP contribution < -0.4 is 10.9 Å². The standard InChI is InChI=1S/C23H36N2O3/c1-4-7-16(2)20-14-17(3)21(23(27)28-20)22(26)24-15-18-10-12-25(13-11-18)19-8-5-6-9-19/h14,16,18-19H,4-13,15H2,1-3H3,(H,24,26). The zero-order valence-electron chi connectivity index (χ0n) is 17.8. The SMILES string of the molecule is CCCC(C)c1cc(C)c(C(=O)NCC2CCN(C3CCCC3)CC2)c(=O)o1. The van der Waals surface area contributed by atoms with Crippen LogP contribution in [0.4, 0.5) is 0 Å². The molecule has 1 aliphatic carbocycles. The molecule has 1 amide bonds. The molecule has 2 heterocycles. The van der Waals surface area contributed by atoms with Crippen molar-refractivity contribution in [3.63, 3.8) is 0 Å². The number of piperidine rings is 1. The van der Waals surface area contributed by atoms with Crippen LogP contribution in [0.1, 0.15) is 92.8 Å². The lowest BCUT2D eigenvalue weighted by atomic mass is 9.95. The Bertz CT molecular complexity index is 713. The van der Waals surface area contributed by atoms with Crippen LogP contribution >= 0.6 is 0 Å². The second-order valence-electron chi connectivity index (χ2n) is 8.81. The predicted molar refractivity (Wildman–Crippen MR) is 112 cm³/mol. The van der Waals surface area contributed by atoms with Crippen molar-refractivity contribution in [1.82, 2.24) is 10.2 Å². The minimum absolute atomic E-state index is 0.163. The lowest BCUT2D eigenvalue weighted by Crippen LogP contribution is -2.43. The van der Waals surface area contributed by atoms with Crippen LogP contribution in [-0.2, 0) is 0 Å². The molecule has 3 rings (SSSR count). The van der Waals surface area contributed by atoms with Gasteiger partial charge in [0, 0.05) is 18.5 Å². The molecular formula is C23H36N2O3. The number of rotatable bonds is 7. The molecule has 28 heavy (non-hydrogen) atoms. The molecule has 1 saturated carbocycles. The maximum absolute atomic E-state index is 12.6. The van der Waals surface area contributed by atoms with Gasteiger partial charge in [0.05, 0.1) is 0 Å². The van der Waals surface area contributed by atoms with E-state index in [1.165, 1.54) is 25.7 Å². The van der Waals surface area contributed by atoms with Crippen molar-refractivity contribution in [2.24, 2.45) is 5.92 Å². The summed E-state index contributed by atoms with van der Waals surface area (Å²) in [4.78, 5) is 27.7. The molecule has 0 aromatic carbocycles. The summed E-state index contributed by atoms with van der Waals surface area (Å²) < 4.78 is 5.46. The summed E-state index contributed by atoms with van der Waals surface area (Å²) in [5.41, 5.74) is 0.366. The van der Waals surface area contributed by atoms with E-state index < -0.39 is 5.63 Å². The summed E-state index contributed by atoms with van der Waals surface area (Å²) in [5, 5.41) is 2.99. The van der Waals surface area contributed by atoms with E-state index in [9.17, 15) is 9.59 Å². The molecule has 1 aliphatic heterocycles. The summed E-state index contributed by atoms with van der Waals surface area (Å²) in [6.45, 7) is 8.91. The molecule has 1 aromatic heterocycles. The van der Waals surface area contributed by atoms with Gasteiger partial charge in [-0.3, -0.25) is 4.79 Å². The van der Waals surface area contributed by atoms with E-state index in [0.29, 0.717) is 23.8 Å². The fourth-order valence-electron chi connectivity index (χ4n) is 4.84. The van der Waals surface area contributed by atoms with Crippen molar-refractivity contribution < 1.29 is 9.21 Å².